The number of hydrogen-bond acceptors (Lipinski definition) is 3. The first kappa shape index (κ1) is 22.0. The molecular weight excluding hydrogens is 348 g/mol. The predicted octanol–water partition coefficient (Wildman–Crippen LogP) is 7.07. The van der Waals surface area contributed by atoms with Gasteiger partial charge in [0.15, 0.2) is 0 Å². The van der Waals surface area contributed by atoms with Crippen LogP contribution >= 0.6 is 0 Å². The van der Waals surface area contributed by atoms with Crippen molar-refractivity contribution in [1.29, 1.82) is 0 Å². The van der Waals surface area contributed by atoms with E-state index in [0.717, 1.165) is 6.42 Å². The summed E-state index contributed by atoms with van der Waals surface area (Å²) in [5.41, 5.74) is 1.70. The second-order valence-electron chi connectivity index (χ2n) is 7.51. The van der Waals surface area contributed by atoms with E-state index in [1.54, 1.807) is 12.1 Å². The quantitative estimate of drug-likeness (QED) is 0.229. The number of hydrogen-bond donors (Lipinski definition) is 1. The highest BCUT2D eigenvalue weighted by atomic mass is 16.5. The molecule has 0 radical (unpaired) electrons. The van der Waals surface area contributed by atoms with E-state index in [4.69, 9.17) is 4.74 Å². The minimum Gasteiger partial charge on any atom is -0.508 e. The van der Waals surface area contributed by atoms with Crippen LogP contribution in [-0.2, 0) is 6.42 Å². The van der Waals surface area contributed by atoms with Crippen molar-refractivity contribution in [2.45, 2.75) is 77.6 Å². The Morgan fingerprint density at radius 1 is 0.750 bits per heavy atom. The Kier molecular flexibility index (Phi) is 10.2. The van der Waals surface area contributed by atoms with E-state index in [9.17, 15) is 9.90 Å². The Balaban J connectivity index is 1.59. The van der Waals surface area contributed by atoms with Crippen LogP contribution in [0, 0.1) is 0 Å². The maximum absolute atomic E-state index is 12.1. The second-order valence-corrected chi connectivity index (χ2v) is 7.51. The topological polar surface area (TPSA) is 46.5 Å². The third kappa shape index (κ3) is 8.60. The molecule has 0 aliphatic carbocycles. The highest BCUT2D eigenvalue weighted by Gasteiger charge is 2.08. The zero-order chi connectivity index (χ0) is 20.0. The number of phenols is 1. The lowest BCUT2D eigenvalue weighted by Gasteiger charge is -2.06. The summed E-state index contributed by atoms with van der Waals surface area (Å²) in [6.45, 7) is 2.26. The van der Waals surface area contributed by atoms with Crippen molar-refractivity contribution >= 4 is 5.97 Å². The summed E-state index contributed by atoms with van der Waals surface area (Å²) in [6, 6.07) is 13.8. The van der Waals surface area contributed by atoms with Gasteiger partial charge in [0.05, 0.1) is 5.56 Å². The van der Waals surface area contributed by atoms with Crippen LogP contribution < -0.4 is 4.74 Å². The van der Waals surface area contributed by atoms with Gasteiger partial charge in [-0.1, -0.05) is 76.8 Å². The molecule has 0 aliphatic heterocycles. The Labute approximate surface area is 169 Å². The van der Waals surface area contributed by atoms with Crippen LogP contribution in [0.5, 0.6) is 11.5 Å². The lowest BCUT2D eigenvalue weighted by Crippen LogP contribution is -2.08. The Morgan fingerprint density at radius 3 is 1.86 bits per heavy atom. The molecule has 0 aliphatic rings. The predicted molar refractivity (Wildman–Crippen MR) is 115 cm³/mol. The van der Waals surface area contributed by atoms with Gasteiger partial charge >= 0.3 is 5.97 Å². The number of phenolic OH excluding ortho intramolecular Hbond substituents is 1. The number of benzene rings is 2. The van der Waals surface area contributed by atoms with Gasteiger partial charge in [0.1, 0.15) is 11.5 Å². The number of esters is 1. The van der Waals surface area contributed by atoms with Crippen LogP contribution in [0.4, 0.5) is 0 Å². The SMILES string of the molecule is CCCCCCCCCCCCc1ccc(OC(=O)c2ccc(O)cc2)cc1. The maximum Gasteiger partial charge on any atom is 0.343 e. The molecule has 0 saturated carbocycles. The molecule has 0 bridgehead atoms. The van der Waals surface area contributed by atoms with Gasteiger partial charge in [-0.2, -0.15) is 0 Å². The summed E-state index contributed by atoms with van der Waals surface area (Å²) >= 11 is 0. The van der Waals surface area contributed by atoms with Gasteiger partial charge < -0.3 is 9.84 Å². The standard InChI is InChI=1S/C25H34O3/c1-2-3-4-5-6-7-8-9-10-11-12-21-13-19-24(20-14-21)28-25(27)22-15-17-23(26)18-16-22/h13-20,26H,2-12H2,1H3. The number of rotatable bonds is 13. The van der Waals surface area contributed by atoms with Crippen LogP contribution in [0.15, 0.2) is 48.5 Å². The average molecular weight is 383 g/mol. The monoisotopic (exact) mass is 382 g/mol. The summed E-state index contributed by atoms with van der Waals surface area (Å²) in [4.78, 5) is 12.1. The molecule has 0 spiro atoms. The van der Waals surface area contributed by atoms with Gasteiger partial charge in [0, 0.05) is 0 Å². The number of aromatic hydroxyl groups is 1. The molecule has 1 N–H and O–H groups in total. The summed E-state index contributed by atoms with van der Waals surface area (Å²) in [5.74, 6) is 0.264. The minimum absolute atomic E-state index is 0.132. The fourth-order valence-corrected chi connectivity index (χ4v) is 3.30. The van der Waals surface area contributed by atoms with Gasteiger partial charge in [0.25, 0.3) is 0 Å². The van der Waals surface area contributed by atoms with Crippen LogP contribution in [0.2, 0.25) is 0 Å². The first-order chi connectivity index (χ1) is 13.7. The Morgan fingerprint density at radius 2 is 1.29 bits per heavy atom. The molecule has 0 heterocycles. The summed E-state index contributed by atoms with van der Waals surface area (Å²) in [7, 11) is 0. The summed E-state index contributed by atoms with van der Waals surface area (Å²) in [6.07, 6.45) is 14.5. The molecule has 152 valence electrons. The fraction of sp³-hybridized carbons (Fsp3) is 0.480. The van der Waals surface area contributed by atoms with E-state index in [-0.39, 0.29) is 5.75 Å². The highest BCUT2D eigenvalue weighted by Crippen LogP contribution is 2.18. The minimum atomic E-state index is -0.414. The molecule has 28 heavy (non-hydrogen) atoms. The molecule has 0 fully saturated rings. The smallest absolute Gasteiger partial charge is 0.343 e. The van der Waals surface area contributed by atoms with Gasteiger partial charge in [0.2, 0.25) is 0 Å². The molecule has 3 nitrogen and oxygen atoms in total. The summed E-state index contributed by atoms with van der Waals surface area (Å²) < 4.78 is 5.38. The van der Waals surface area contributed by atoms with E-state index in [1.807, 2.05) is 24.3 Å². The third-order valence-corrected chi connectivity index (χ3v) is 5.06. The van der Waals surface area contributed by atoms with Crippen molar-refractivity contribution in [3.05, 3.63) is 59.7 Å². The molecule has 2 aromatic carbocycles. The van der Waals surface area contributed by atoms with Crippen molar-refractivity contribution < 1.29 is 14.6 Å². The van der Waals surface area contributed by atoms with E-state index >= 15 is 0 Å². The molecule has 0 saturated heterocycles. The largest absolute Gasteiger partial charge is 0.508 e. The fourth-order valence-electron chi connectivity index (χ4n) is 3.30. The molecule has 0 aromatic heterocycles. The van der Waals surface area contributed by atoms with E-state index in [2.05, 4.69) is 6.92 Å². The van der Waals surface area contributed by atoms with Crippen LogP contribution in [0.1, 0.15) is 87.1 Å². The van der Waals surface area contributed by atoms with Crippen molar-refractivity contribution in [2.24, 2.45) is 0 Å². The van der Waals surface area contributed by atoms with Gasteiger partial charge in [-0.05, 0) is 54.8 Å². The Bertz CT molecular complexity index is 674. The van der Waals surface area contributed by atoms with Crippen LogP contribution in [-0.4, -0.2) is 11.1 Å². The first-order valence-electron chi connectivity index (χ1n) is 10.8. The average Bonchev–Trinajstić information content (AvgIpc) is 2.71. The van der Waals surface area contributed by atoms with Gasteiger partial charge in [-0.3, -0.25) is 0 Å². The van der Waals surface area contributed by atoms with Gasteiger partial charge in [-0.25, -0.2) is 4.79 Å². The normalized spacial score (nSPS) is 10.8. The number of aryl methyl sites for hydroxylation is 1. The number of unbranched alkanes of at least 4 members (excludes halogenated alkanes) is 9. The van der Waals surface area contributed by atoms with Crippen LogP contribution in [0.3, 0.4) is 0 Å². The van der Waals surface area contributed by atoms with Crippen molar-refractivity contribution in [1.82, 2.24) is 0 Å². The Hall–Kier alpha value is -2.29. The number of ether oxygens (including phenoxy) is 1. The number of carbonyl (C=O) groups excluding carboxylic acids is 1. The summed E-state index contributed by atoms with van der Waals surface area (Å²) in [5, 5.41) is 9.28. The molecule has 0 unspecified atom stereocenters. The lowest BCUT2D eigenvalue weighted by atomic mass is 10.0. The van der Waals surface area contributed by atoms with E-state index < -0.39 is 5.97 Å². The van der Waals surface area contributed by atoms with Crippen molar-refractivity contribution in [2.75, 3.05) is 0 Å². The molecular formula is C25H34O3. The number of carbonyl (C=O) groups is 1. The maximum atomic E-state index is 12.1. The molecule has 2 rings (SSSR count). The van der Waals surface area contributed by atoms with Crippen molar-refractivity contribution in [3.8, 4) is 11.5 Å². The highest BCUT2D eigenvalue weighted by molar-refractivity contribution is 5.91. The first-order valence-corrected chi connectivity index (χ1v) is 10.8. The third-order valence-electron chi connectivity index (χ3n) is 5.06. The van der Waals surface area contributed by atoms with Crippen molar-refractivity contribution in [3.63, 3.8) is 0 Å². The molecule has 2 aromatic rings. The lowest BCUT2D eigenvalue weighted by molar-refractivity contribution is 0.0734. The zero-order valence-electron chi connectivity index (χ0n) is 17.2. The molecule has 0 amide bonds. The zero-order valence-corrected chi connectivity index (χ0v) is 17.2. The molecule has 0 atom stereocenters. The van der Waals surface area contributed by atoms with Crippen LogP contribution in [0.25, 0.3) is 0 Å². The van der Waals surface area contributed by atoms with E-state index in [0.29, 0.717) is 11.3 Å². The second kappa shape index (κ2) is 13.0. The molecule has 3 heteroatoms. The van der Waals surface area contributed by atoms with E-state index in [1.165, 1.54) is 81.9 Å². The van der Waals surface area contributed by atoms with Gasteiger partial charge in [-0.15, -0.1) is 0 Å².